The Kier molecular flexibility index (Phi) is 3.22. The van der Waals surface area contributed by atoms with Crippen molar-refractivity contribution in [2.75, 3.05) is 0 Å². The number of Topliss-reactive ketones (excluding diaryl/α,β-unsaturated/α-hetero) is 1. The van der Waals surface area contributed by atoms with E-state index in [0.717, 1.165) is 18.4 Å². The maximum absolute atomic E-state index is 11.0. The second kappa shape index (κ2) is 4.42. The normalized spacial score (nSPS) is 9.23. The highest BCUT2D eigenvalue weighted by Gasteiger charge is 2.03. The molecule has 0 aliphatic heterocycles. The van der Waals surface area contributed by atoms with Crippen LogP contribution in [0, 0.1) is 11.3 Å². The van der Waals surface area contributed by atoms with E-state index in [0.29, 0.717) is 5.56 Å². The first-order chi connectivity index (χ1) is 6.27. The minimum Gasteiger partial charge on any atom is -0.277 e. The summed E-state index contributed by atoms with van der Waals surface area (Å²) in [5.41, 5.74) is 1.61. The number of rotatable bonds is 3. The zero-order valence-electron chi connectivity index (χ0n) is 7.58. The lowest BCUT2D eigenvalue weighted by Crippen LogP contribution is -1.95. The molecule has 66 valence electrons. The molecule has 0 saturated carbocycles. The Hall–Kier alpha value is -1.62. The zero-order valence-corrected chi connectivity index (χ0v) is 7.58. The highest BCUT2D eigenvalue weighted by molar-refractivity contribution is 6.07. The Bertz CT molecular complexity index is 349. The number of hydrogen-bond donors (Lipinski definition) is 0. The van der Waals surface area contributed by atoms with E-state index in [4.69, 9.17) is 5.26 Å². The van der Waals surface area contributed by atoms with Crippen molar-refractivity contribution in [2.45, 2.75) is 19.8 Å². The molecule has 0 aliphatic rings. The topological polar surface area (TPSA) is 40.9 Å². The van der Waals surface area contributed by atoms with Gasteiger partial charge in [0.25, 0.3) is 5.78 Å². The molecule has 0 saturated heterocycles. The largest absolute Gasteiger partial charge is 0.277 e. The molecular weight excluding hydrogens is 162 g/mol. The van der Waals surface area contributed by atoms with Crippen molar-refractivity contribution < 1.29 is 4.79 Å². The van der Waals surface area contributed by atoms with Gasteiger partial charge in [-0.05, 0) is 18.1 Å². The fraction of sp³-hybridized carbons (Fsp3) is 0.273. The van der Waals surface area contributed by atoms with Gasteiger partial charge in [-0.25, -0.2) is 0 Å². The molecular formula is C11H11NO. The minimum absolute atomic E-state index is 0.460. The number of hydrogen-bond acceptors (Lipinski definition) is 2. The second-order valence-corrected chi connectivity index (χ2v) is 2.89. The lowest BCUT2D eigenvalue weighted by Gasteiger charge is -1.99. The molecule has 1 aromatic carbocycles. The van der Waals surface area contributed by atoms with Crippen molar-refractivity contribution >= 4 is 5.78 Å². The van der Waals surface area contributed by atoms with Crippen LogP contribution in [0.2, 0.25) is 0 Å². The lowest BCUT2D eigenvalue weighted by atomic mass is 10.0. The lowest BCUT2D eigenvalue weighted by molar-refractivity contribution is 0.105. The summed E-state index contributed by atoms with van der Waals surface area (Å²) >= 11 is 0. The zero-order chi connectivity index (χ0) is 9.68. The van der Waals surface area contributed by atoms with Gasteiger partial charge in [0.2, 0.25) is 0 Å². The van der Waals surface area contributed by atoms with Crippen LogP contribution in [0.25, 0.3) is 0 Å². The average Bonchev–Trinajstić information content (AvgIpc) is 2.18. The van der Waals surface area contributed by atoms with E-state index in [9.17, 15) is 4.79 Å². The molecule has 0 fully saturated rings. The van der Waals surface area contributed by atoms with E-state index < -0.39 is 5.78 Å². The van der Waals surface area contributed by atoms with Gasteiger partial charge in [0.1, 0.15) is 6.07 Å². The molecule has 1 aromatic rings. The van der Waals surface area contributed by atoms with Crippen molar-refractivity contribution in [1.29, 1.82) is 5.26 Å². The van der Waals surface area contributed by atoms with Gasteiger partial charge in [0.05, 0.1) is 0 Å². The summed E-state index contributed by atoms with van der Waals surface area (Å²) in [6.45, 7) is 2.08. The molecule has 1 rings (SSSR count). The third-order valence-corrected chi connectivity index (χ3v) is 1.83. The molecule has 0 spiro atoms. The Morgan fingerprint density at radius 2 is 2.31 bits per heavy atom. The predicted octanol–water partition coefficient (Wildman–Crippen LogP) is 2.35. The number of ketones is 1. The Balaban J connectivity index is 2.93. The first kappa shape index (κ1) is 9.47. The van der Waals surface area contributed by atoms with Gasteiger partial charge in [-0.1, -0.05) is 31.5 Å². The van der Waals surface area contributed by atoms with E-state index in [2.05, 4.69) is 6.92 Å². The third-order valence-electron chi connectivity index (χ3n) is 1.83. The molecule has 0 radical (unpaired) electrons. The summed E-state index contributed by atoms with van der Waals surface area (Å²) in [7, 11) is 0. The second-order valence-electron chi connectivity index (χ2n) is 2.89. The summed E-state index contributed by atoms with van der Waals surface area (Å²) in [6.07, 6.45) is 2.00. The summed E-state index contributed by atoms with van der Waals surface area (Å²) in [5, 5.41) is 8.41. The van der Waals surface area contributed by atoms with Crippen LogP contribution in [-0.4, -0.2) is 5.78 Å². The fourth-order valence-corrected chi connectivity index (χ4v) is 1.22. The van der Waals surface area contributed by atoms with Crippen LogP contribution in [0.3, 0.4) is 0 Å². The molecule has 0 N–H and O–H groups in total. The summed E-state index contributed by atoms with van der Waals surface area (Å²) in [4.78, 5) is 11.0. The number of nitriles is 1. The van der Waals surface area contributed by atoms with Crippen molar-refractivity contribution in [3.05, 3.63) is 35.4 Å². The summed E-state index contributed by atoms with van der Waals surface area (Å²) in [6, 6.07) is 8.85. The van der Waals surface area contributed by atoms with Crippen LogP contribution < -0.4 is 0 Å². The molecule has 0 amide bonds. The van der Waals surface area contributed by atoms with Gasteiger partial charge >= 0.3 is 0 Å². The van der Waals surface area contributed by atoms with E-state index in [-0.39, 0.29) is 0 Å². The number of nitrogens with zero attached hydrogens (tertiary/aromatic N) is 1. The molecule has 2 heteroatoms. The molecule has 0 bridgehead atoms. The Morgan fingerprint density at radius 1 is 1.54 bits per heavy atom. The number of benzene rings is 1. The van der Waals surface area contributed by atoms with E-state index in [1.54, 1.807) is 18.2 Å². The van der Waals surface area contributed by atoms with Gasteiger partial charge in [0, 0.05) is 5.56 Å². The van der Waals surface area contributed by atoms with Crippen LogP contribution in [0.5, 0.6) is 0 Å². The first-order valence-electron chi connectivity index (χ1n) is 4.31. The maximum atomic E-state index is 11.0. The van der Waals surface area contributed by atoms with Crippen molar-refractivity contribution in [3.63, 3.8) is 0 Å². The third kappa shape index (κ3) is 2.41. The molecule has 0 aromatic heterocycles. The smallest absolute Gasteiger partial charge is 0.262 e. The van der Waals surface area contributed by atoms with Crippen molar-refractivity contribution in [3.8, 4) is 6.07 Å². The van der Waals surface area contributed by atoms with Crippen LogP contribution in [0.15, 0.2) is 24.3 Å². The summed E-state index contributed by atoms with van der Waals surface area (Å²) < 4.78 is 0. The fourth-order valence-electron chi connectivity index (χ4n) is 1.22. The number of carbonyl (C=O) groups is 1. The minimum atomic E-state index is -0.460. The van der Waals surface area contributed by atoms with E-state index in [1.807, 2.05) is 12.1 Å². The van der Waals surface area contributed by atoms with E-state index >= 15 is 0 Å². The molecule has 0 heterocycles. The van der Waals surface area contributed by atoms with Crippen molar-refractivity contribution in [2.24, 2.45) is 0 Å². The number of aryl methyl sites for hydroxylation is 1. The summed E-state index contributed by atoms with van der Waals surface area (Å²) in [5.74, 6) is -0.460. The van der Waals surface area contributed by atoms with E-state index in [1.165, 1.54) is 0 Å². The quantitative estimate of drug-likeness (QED) is 0.520. The van der Waals surface area contributed by atoms with Gasteiger partial charge in [-0.2, -0.15) is 5.26 Å². The average molecular weight is 173 g/mol. The van der Waals surface area contributed by atoms with Crippen LogP contribution in [-0.2, 0) is 6.42 Å². The first-order valence-corrected chi connectivity index (χ1v) is 4.31. The van der Waals surface area contributed by atoms with Gasteiger partial charge in [0.15, 0.2) is 0 Å². The standard InChI is InChI=1S/C11H11NO/c1-2-4-9-5-3-6-10(7-9)11(13)8-12/h3,5-7H,2,4H2,1H3. The molecule has 13 heavy (non-hydrogen) atoms. The monoisotopic (exact) mass is 173 g/mol. The molecule has 0 unspecified atom stereocenters. The SMILES string of the molecule is CCCc1cccc(C(=O)C#N)c1. The Labute approximate surface area is 77.8 Å². The molecule has 0 aliphatic carbocycles. The van der Waals surface area contributed by atoms with Gasteiger partial charge in [-0.3, -0.25) is 4.79 Å². The molecule has 2 nitrogen and oxygen atoms in total. The van der Waals surface area contributed by atoms with Gasteiger partial charge in [-0.15, -0.1) is 0 Å². The van der Waals surface area contributed by atoms with Crippen LogP contribution in [0.1, 0.15) is 29.3 Å². The highest BCUT2D eigenvalue weighted by Crippen LogP contribution is 2.07. The molecule has 0 atom stereocenters. The highest BCUT2D eigenvalue weighted by atomic mass is 16.1. The van der Waals surface area contributed by atoms with Crippen LogP contribution in [0.4, 0.5) is 0 Å². The number of carbonyl (C=O) groups excluding carboxylic acids is 1. The maximum Gasteiger partial charge on any atom is 0.262 e. The van der Waals surface area contributed by atoms with Gasteiger partial charge < -0.3 is 0 Å². The van der Waals surface area contributed by atoms with Crippen LogP contribution >= 0.6 is 0 Å². The Morgan fingerprint density at radius 3 is 2.92 bits per heavy atom. The van der Waals surface area contributed by atoms with Crippen molar-refractivity contribution in [1.82, 2.24) is 0 Å². The predicted molar refractivity (Wildman–Crippen MR) is 50.4 cm³/mol.